The molecule has 2 aromatic heterocycles. The number of nitrogens with zero attached hydrogens (tertiary/aromatic N) is 1. The fraction of sp³-hybridized carbons (Fsp3) is 0. The van der Waals surface area contributed by atoms with Crippen LogP contribution in [0.4, 0.5) is 0 Å². The number of thiazole rings is 1. The van der Waals surface area contributed by atoms with Crippen molar-refractivity contribution in [1.29, 1.82) is 0 Å². The van der Waals surface area contributed by atoms with Crippen LogP contribution in [0.1, 0.15) is 9.67 Å². The van der Waals surface area contributed by atoms with Gasteiger partial charge < -0.3 is 4.42 Å². The first-order valence-corrected chi connectivity index (χ1v) is 4.66. The average molecular weight is 214 g/mol. The number of aromatic nitrogens is 1. The fourth-order valence-corrected chi connectivity index (χ4v) is 1.72. The topological polar surface area (TPSA) is 43.1 Å². The Balaban J connectivity index is 2.40. The number of carbonyl (C=O) groups excluding carboxylic acids is 1. The van der Waals surface area contributed by atoms with Gasteiger partial charge in [-0.1, -0.05) is 0 Å². The van der Waals surface area contributed by atoms with Crippen LogP contribution < -0.4 is 0 Å². The van der Waals surface area contributed by atoms with Gasteiger partial charge in [0.25, 0.3) is 0 Å². The lowest BCUT2D eigenvalue weighted by molar-refractivity contribution is 0.112. The molecule has 0 aliphatic rings. The Labute approximate surface area is 83.0 Å². The highest BCUT2D eigenvalue weighted by molar-refractivity contribution is 7.16. The minimum atomic E-state index is 0.317. The Morgan fingerprint density at radius 3 is 2.92 bits per heavy atom. The first-order chi connectivity index (χ1) is 6.29. The first-order valence-electron chi connectivity index (χ1n) is 3.46. The van der Waals surface area contributed by atoms with Gasteiger partial charge in [0.2, 0.25) is 0 Å². The van der Waals surface area contributed by atoms with Crippen molar-refractivity contribution in [2.45, 2.75) is 0 Å². The van der Waals surface area contributed by atoms with Gasteiger partial charge in [0.05, 0.1) is 4.88 Å². The summed E-state index contributed by atoms with van der Waals surface area (Å²) in [5, 5.41) is 0.979. The number of hydrogen-bond acceptors (Lipinski definition) is 4. The van der Waals surface area contributed by atoms with Crippen molar-refractivity contribution in [3.05, 3.63) is 28.4 Å². The molecule has 2 aromatic rings. The molecule has 0 aliphatic carbocycles. The second-order valence-corrected chi connectivity index (χ2v) is 3.72. The van der Waals surface area contributed by atoms with Crippen LogP contribution in [0.5, 0.6) is 0 Å². The molecule has 66 valence electrons. The van der Waals surface area contributed by atoms with Gasteiger partial charge in [-0.25, -0.2) is 4.98 Å². The van der Waals surface area contributed by atoms with Gasteiger partial charge in [0, 0.05) is 6.20 Å². The Hall–Kier alpha value is -1.13. The molecular formula is C8H4ClNO2S. The third kappa shape index (κ3) is 1.64. The lowest BCUT2D eigenvalue weighted by Gasteiger charge is -1.85. The van der Waals surface area contributed by atoms with E-state index in [1.54, 1.807) is 12.1 Å². The zero-order chi connectivity index (χ0) is 9.26. The molecule has 0 N–H and O–H groups in total. The summed E-state index contributed by atoms with van der Waals surface area (Å²) in [6.45, 7) is 0. The zero-order valence-corrected chi connectivity index (χ0v) is 7.93. The summed E-state index contributed by atoms with van der Waals surface area (Å²) in [5.74, 6) is 0.586. The zero-order valence-electron chi connectivity index (χ0n) is 6.36. The number of aldehydes is 1. The lowest BCUT2D eigenvalue weighted by atomic mass is 10.5. The Morgan fingerprint density at radius 1 is 1.54 bits per heavy atom. The lowest BCUT2D eigenvalue weighted by Crippen LogP contribution is -1.66. The van der Waals surface area contributed by atoms with Crippen LogP contribution in [0.15, 0.2) is 22.7 Å². The number of hydrogen-bond donors (Lipinski definition) is 0. The Bertz CT molecular complexity index is 435. The fourth-order valence-electron chi connectivity index (χ4n) is 0.884. The third-order valence-electron chi connectivity index (χ3n) is 1.42. The van der Waals surface area contributed by atoms with E-state index in [9.17, 15) is 4.79 Å². The van der Waals surface area contributed by atoms with Gasteiger partial charge in [-0.15, -0.1) is 11.3 Å². The second kappa shape index (κ2) is 3.32. The van der Waals surface area contributed by atoms with Crippen LogP contribution in [-0.4, -0.2) is 11.3 Å². The highest BCUT2D eigenvalue weighted by atomic mass is 35.5. The van der Waals surface area contributed by atoms with E-state index in [0.717, 1.165) is 6.29 Å². The molecule has 0 saturated heterocycles. The van der Waals surface area contributed by atoms with Crippen molar-refractivity contribution in [3.63, 3.8) is 0 Å². The standard InChI is InChI=1S/C8H4ClNO2S/c9-7-2-1-6(12-7)8-10-3-5(4-11)13-8/h1-4H. The summed E-state index contributed by atoms with van der Waals surface area (Å²) in [7, 11) is 0. The molecule has 2 heterocycles. The monoisotopic (exact) mass is 213 g/mol. The minimum Gasteiger partial charge on any atom is -0.442 e. The molecule has 0 unspecified atom stereocenters. The van der Waals surface area contributed by atoms with E-state index in [-0.39, 0.29) is 0 Å². The molecule has 2 rings (SSSR count). The van der Waals surface area contributed by atoms with Crippen LogP contribution in [0.25, 0.3) is 10.8 Å². The molecule has 3 nitrogen and oxygen atoms in total. The normalized spacial score (nSPS) is 10.2. The number of halogens is 1. The SMILES string of the molecule is O=Cc1cnc(-c2ccc(Cl)o2)s1. The quantitative estimate of drug-likeness (QED) is 0.721. The van der Waals surface area contributed by atoms with Crippen LogP contribution in [0.3, 0.4) is 0 Å². The van der Waals surface area contributed by atoms with Crippen molar-refractivity contribution in [3.8, 4) is 10.8 Å². The van der Waals surface area contributed by atoms with Crippen molar-refractivity contribution in [2.24, 2.45) is 0 Å². The molecule has 0 radical (unpaired) electrons. The van der Waals surface area contributed by atoms with Crippen molar-refractivity contribution in [1.82, 2.24) is 4.98 Å². The van der Waals surface area contributed by atoms with E-state index >= 15 is 0 Å². The Kier molecular flexibility index (Phi) is 2.16. The molecule has 13 heavy (non-hydrogen) atoms. The van der Waals surface area contributed by atoms with E-state index in [4.69, 9.17) is 16.0 Å². The van der Waals surface area contributed by atoms with Gasteiger partial charge in [-0.3, -0.25) is 4.79 Å². The molecule has 0 saturated carbocycles. The molecule has 5 heteroatoms. The van der Waals surface area contributed by atoms with Gasteiger partial charge in [0.1, 0.15) is 0 Å². The van der Waals surface area contributed by atoms with Crippen LogP contribution in [0, 0.1) is 0 Å². The molecule has 0 fully saturated rings. The number of furan rings is 1. The van der Waals surface area contributed by atoms with Gasteiger partial charge in [-0.2, -0.15) is 0 Å². The maximum atomic E-state index is 10.4. The molecule has 0 aliphatic heterocycles. The molecular weight excluding hydrogens is 210 g/mol. The van der Waals surface area contributed by atoms with Gasteiger partial charge >= 0.3 is 0 Å². The number of carbonyl (C=O) groups is 1. The molecule has 0 atom stereocenters. The first kappa shape index (κ1) is 8.47. The Morgan fingerprint density at radius 2 is 2.38 bits per heavy atom. The second-order valence-electron chi connectivity index (χ2n) is 2.29. The summed E-state index contributed by atoms with van der Waals surface area (Å²) in [4.78, 5) is 14.9. The van der Waals surface area contributed by atoms with Crippen LogP contribution in [0.2, 0.25) is 5.22 Å². The van der Waals surface area contributed by atoms with E-state index in [1.165, 1.54) is 17.5 Å². The summed E-state index contributed by atoms with van der Waals surface area (Å²) in [6.07, 6.45) is 2.26. The molecule has 0 aromatic carbocycles. The average Bonchev–Trinajstić information content (AvgIpc) is 2.71. The highest BCUT2D eigenvalue weighted by Gasteiger charge is 2.07. The van der Waals surface area contributed by atoms with Gasteiger partial charge in [0.15, 0.2) is 22.3 Å². The molecule has 0 bridgehead atoms. The van der Waals surface area contributed by atoms with E-state index in [2.05, 4.69) is 4.98 Å². The molecule has 0 amide bonds. The van der Waals surface area contributed by atoms with E-state index in [0.29, 0.717) is 20.9 Å². The predicted octanol–water partition coefficient (Wildman–Crippen LogP) is 2.87. The van der Waals surface area contributed by atoms with E-state index in [1.807, 2.05) is 0 Å². The maximum absolute atomic E-state index is 10.4. The van der Waals surface area contributed by atoms with Crippen molar-refractivity contribution in [2.75, 3.05) is 0 Å². The number of rotatable bonds is 2. The summed E-state index contributed by atoms with van der Waals surface area (Å²) < 4.78 is 5.12. The summed E-state index contributed by atoms with van der Waals surface area (Å²) in [5.41, 5.74) is 0. The maximum Gasteiger partial charge on any atom is 0.194 e. The minimum absolute atomic E-state index is 0.317. The van der Waals surface area contributed by atoms with Crippen molar-refractivity contribution < 1.29 is 9.21 Å². The largest absolute Gasteiger partial charge is 0.442 e. The summed E-state index contributed by atoms with van der Waals surface area (Å²) >= 11 is 6.86. The highest BCUT2D eigenvalue weighted by Crippen LogP contribution is 2.27. The van der Waals surface area contributed by atoms with Gasteiger partial charge in [-0.05, 0) is 23.7 Å². The predicted molar refractivity (Wildman–Crippen MR) is 50.2 cm³/mol. The van der Waals surface area contributed by atoms with E-state index < -0.39 is 0 Å². The molecule has 0 spiro atoms. The smallest absolute Gasteiger partial charge is 0.194 e. The van der Waals surface area contributed by atoms with Crippen LogP contribution >= 0.6 is 22.9 Å². The summed E-state index contributed by atoms with van der Waals surface area (Å²) in [6, 6.07) is 3.36. The van der Waals surface area contributed by atoms with Crippen molar-refractivity contribution >= 4 is 29.2 Å². The third-order valence-corrected chi connectivity index (χ3v) is 2.56. The van der Waals surface area contributed by atoms with Crippen LogP contribution in [-0.2, 0) is 0 Å².